The van der Waals surface area contributed by atoms with Crippen LogP contribution in [0.3, 0.4) is 0 Å². The molecular formula is C17H24NO2P. The Balaban J connectivity index is 1.65. The highest BCUT2D eigenvalue weighted by molar-refractivity contribution is 7.30. The van der Waals surface area contributed by atoms with Gasteiger partial charge in [0.2, 0.25) is 0 Å². The lowest BCUT2D eigenvalue weighted by atomic mass is 9.49. The van der Waals surface area contributed by atoms with Gasteiger partial charge in [-0.15, -0.1) is 8.19 Å². The molecule has 4 heteroatoms. The lowest BCUT2D eigenvalue weighted by Gasteiger charge is -2.56. The number of hydrogen-bond donors (Lipinski definition) is 0. The van der Waals surface area contributed by atoms with Crippen LogP contribution in [0.1, 0.15) is 67.7 Å². The van der Waals surface area contributed by atoms with Crippen LogP contribution in [0, 0.1) is 17.8 Å². The van der Waals surface area contributed by atoms with Crippen molar-refractivity contribution in [3.63, 3.8) is 0 Å². The first kappa shape index (κ1) is 13.8. The molecule has 0 amide bonds. The van der Waals surface area contributed by atoms with Gasteiger partial charge in [-0.2, -0.15) is 0 Å². The van der Waals surface area contributed by atoms with Gasteiger partial charge in [-0.1, -0.05) is 6.92 Å². The van der Waals surface area contributed by atoms with Crippen molar-refractivity contribution in [2.45, 2.75) is 57.3 Å². The van der Waals surface area contributed by atoms with Crippen LogP contribution in [-0.4, -0.2) is 17.6 Å². The lowest BCUT2D eigenvalue weighted by molar-refractivity contribution is -0.00441. The second-order valence-electron chi connectivity index (χ2n) is 7.46. The Bertz CT molecular complexity index is 515. The molecule has 0 radical (unpaired) electrons. The highest BCUT2D eigenvalue weighted by atomic mass is 31.0. The Labute approximate surface area is 128 Å². The number of esters is 1. The fourth-order valence-electron chi connectivity index (χ4n) is 5.53. The van der Waals surface area contributed by atoms with Crippen molar-refractivity contribution in [2.24, 2.45) is 17.8 Å². The summed E-state index contributed by atoms with van der Waals surface area (Å²) < 4.78 is 5.36. The monoisotopic (exact) mass is 305 g/mol. The molecule has 21 heavy (non-hydrogen) atoms. The van der Waals surface area contributed by atoms with Gasteiger partial charge in [0, 0.05) is 16.6 Å². The molecule has 0 aromatic carbocycles. The number of rotatable bonds is 4. The van der Waals surface area contributed by atoms with E-state index in [0.717, 1.165) is 24.2 Å². The fourth-order valence-corrected chi connectivity index (χ4v) is 6.77. The molecule has 1 aromatic rings. The topological polar surface area (TPSA) is 39.2 Å². The van der Waals surface area contributed by atoms with Gasteiger partial charge in [0.05, 0.1) is 6.61 Å². The molecule has 1 unspecified atom stereocenters. The van der Waals surface area contributed by atoms with Crippen LogP contribution in [0.15, 0.2) is 5.93 Å². The van der Waals surface area contributed by atoms with E-state index in [1.165, 1.54) is 43.8 Å². The Hall–Kier alpha value is -0.820. The molecule has 4 aliphatic rings. The average molecular weight is 305 g/mol. The summed E-state index contributed by atoms with van der Waals surface area (Å²) in [5, 5.41) is 1.35. The van der Waals surface area contributed by atoms with E-state index in [1.807, 2.05) is 12.9 Å². The zero-order valence-corrected chi connectivity index (χ0v) is 13.7. The summed E-state index contributed by atoms with van der Waals surface area (Å²) in [4.78, 5) is 16.7. The second-order valence-corrected chi connectivity index (χ2v) is 8.51. The molecule has 3 nitrogen and oxygen atoms in total. The van der Waals surface area contributed by atoms with Crippen molar-refractivity contribution < 1.29 is 9.53 Å². The maximum atomic E-state index is 12.3. The van der Waals surface area contributed by atoms with E-state index >= 15 is 0 Å². The molecule has 0 N–H and O–H groups in total. The minimum Gasteiger partial charge on any atom is -0.461 e. The molecule has 4 saturated carbocycles. The van der Waals surface area contributed by atoms with E-state index in [-0.39, 0.29) is 5.97 Å². The van der Waals surface area contributed by atoms with Crippen molar-refractivity contribution >= 4 is 14.2 Å². The lowest BCUT2D eigenvalue weighted by Crippen LogP contribution is -2.48. The summed E-state index contributed by atoms with van der Waals surface area (Å²) in [6.45, 7) is 2.54. The van der Waals surface area contributed by atoms with Crippen molar-refractivity contribution in [1.29, 1.82) is 0 Å². The SMILES string of the molecule is CCCOC(=O)c1nc[pH]c1C12CC3CC(CC(C3)C1)C2. The van der Waals surface area contributed by atoms with Gasteiger partial charge in [-0.3, -0.25) is 0 Å². The molecule has 114 valence electrons. The van der Waals surface area contributed by atoms with Gasteiger partial charge >= 0.3 is 5.97 Å². The van der Waals surface area contributed by atoms with Crippen LogP contribution < -0.4 is 0 Å². The molecule has 4 fully saturated rings. The third-order valence-corrected chi connectivity index (χ3v) is 7.15. The van der Waals surface area contributed by atoms with E-state index < -0.39 is 0 Å². The zero-order chi connectivity index (χ0) is 14.4. The molecule has 4 bridgehead atoms. The minimum atomic E-state index is -0.177. The third kappa shape index (κ3) is 2.25. The van der Waals surface area contributed by atoms with Crippen LogP contribution in [0.25, 0.3) is 0 Å². The summed E-state index contributed by atoms with van der Waals surface area (Å²) in [5.74, 6) is 4.49. The van der Waals surface area contributed by atoms with E-state index in [4.69, 9.17) is 4.74 Å². The summed E-state index contributed by atoms with van der Waals surface area (Å²) >= 11 is 0. The quantitative estimate of drug-likeness (QED) is 0.785. The van der Waals surface area contributed by atoms with Crippen molar-refractivity contribution in [1.82, 2.24) is 4.98 Å². The molecular weight excluding hydrogens is 281 g/mol. The molecule has 0 saturated heterocycles. The molecule has 0 aliphatic heterocycles. The number of aromatic nitrogens is 1. The fraction of sp³-hybridized carbons (Fsp3) is 0.765. The third-order valence-electron chi connectivity index (χ3n) is 5.84. The zero-order valence-electron chi connectivity index (χ0n) is 12.7. The maximum Gasteiger partial charge on any atom is 0.357 e. The van der Waals surface area contributed by atoms with E-state index in [2.05, 4.69) is 4.98 Å². The van der Waals surface area contributed by atoms with Crippen LogP contribution in [0.5, 0.6) is 0 Å². The molecule has 4 aliphatic carbocycles. The Morgan fingerprint density at radius 2 is 1.90 bits per heavy atom. The van der Waals surface area contributed by atoms with E-state index in [9.17, 15) is 4.79 Å². The summed E-state index contributed by atoms with van der Waals surface area (Å²) in [5.41, 5.74) is 0.966. The Kier molecular flexibility index (Phi) is 3.37. The first-order valence-electron chi connectivity index (χ1n) is 8.41. The first-order valence-corrected chi connectivity index (χ1v) is 9.49. The number of nitrogens with zero attached hydrogens (tertiary/aromatic N) is 1. The van der Waals surface area contributed by atoms with Crippen molar-refractivity contribution in [2.75, 3.05) is 6.61 Å². The van der Waals surface area contributed by atoms with Crippen LogP contribution in [0.4, 0.5) is 0 Å². The van der Waals surface area contributed by atoms with E-state index in [1.54, 1.807) is 0 Å². The molecule has 0 spiro atoms. The standard InChI is InChI=1S/C17H24NO2P/c1-2-3-20-16(19)14-15(21-10-18-14)17-7-11-4-12(8-17)6-13(5-11)9-17/h10-13,21H,2-9H2,1H3. The highest BCUT2D eigenvalue weighted by Crippen LogP contribution is 2.62. The minimum absolute atomic E-state index is 0.177. The van der Waals surface area contributed by atoms with Gasteiger partial charge in [0.1, 0.15) is 0 Å². The highest BCUT2D eigenvalue weighted by Gasteiger charge is 2.53. The molecule has 1 atom stereocenters. The largest absolute Gasteiger partial charge is 0.461 e. The van der Waals surface area contributed by atoms with Crippen LogP contribution in [-0.2, 0) is 10.2 Å². The normalized spacial score (nSPS) is 37.3. The summed E-state index contributed by atoms with van der Waals surface area (Å²) in [7, 11) is 0.608. The predicted octanol–water partition coefficient (Wildman–Crippen LogP) is 4.15. The first-order chi connectivity index (χ1) is 10.2. The Morgan fingerprint density at radius 3 is 2.48 bits per heavy atom. The summed E-state index contributed by atoms with van der Waals surface area (Å²) in [6.07, 6.45) is 9.09. The number of carbonyl (C=O) groups excluding carboxylic acids is 1. The second kappa shape index (κ2) is 5.12. The molecule has 5 rings (SSSR count). The van der Waals surface area contributed by atoms with Crippen molar-refractivity contribution in [3.8, 4) is 0 Å². The van der Waals surface area contributed by atoms with Gasteiger partial charge in [0.25, 0.3) is 0 Å². The molecule has 1 aromatic heterocycles. The average Bonchev–Trinajstić information content (AvgIpc) is 2.93. The van der Waals surface area contributed by atoms with Gasteiger partial charge in [0.15, 0.2) is 5.69 Å². The van der Waals surface area contributed by atoms with Gasteiger partial charge in [-0.05, 0) is 62.7 Å². The smallest absolute Gasteiger partial charge is 0.357 e. The summed E-state index contributed by atoms with van der Waals surface area (Å²) in [6, 6.07) is 0. The number of hydrogen-bond acceptors (Lipinski definition) is 3. The van der Waals surface area contributed by atoms with Gasteiger partial charge < -0.3 is 4.74 Å². The van der Waals surface area contributed by atoms with Crippen LogP contribution >= 0.6 is 8.19 Å². The Morgan fingerprint density at radius 1 is 1.29 bits per heavy atom. The number of carbonyl (C=O) groups is 1. The molecule has 1 heterocycles. The van der Waals surface area contributed by atoms with Crippen molar-refractivity contribution in [3.05, 3.63) is 16.9 Å². The number of ether oxygens (including phenoxy) is 1. The van der Waals surface area contributed by atoms with E-state index in [0.29, 0.717) is 25.9 Å². The predicted molar refractivity (Wildman–Crippen MR) is 84.2 cm³/mol. The van der Waals surface area contributed by atoms with Crippen LogP contribution in [0.2, 0.25) is 0 Å². The van der Waals surface area contributed by atoms with Gasteiger partial charge in [-0.25, -0.2) is 9.78 Å². The maximum absolute atomic E-state index is 12.3.